The van der Waals surface area contributed by atoms with Crippen molar-refractivity contribution in [3.8, 4) is 0 Å². The van der Waals surface area contributed by atoms with Crippen molar-refractivity contribution in [2.24, 2.45) is 11.1 Å². The van der Waals surface area contributed by atoms with Crippen LogP contribution in [0.2, 0.25) is 0 Å². The summed E-state index contributed by atoms with van der Waals surface area (Å²) in [6, 6.07) is 1.64. The zero-order chi connectivity index (χ0) is 13.3. The highest BCUT2D eigenvalue weighted by Gasteiger charge is 2.39. The Hall–Kier alpha value is -1.82. The van der Waals surface area contributed by atoms with E-state index in [-0.39, 0.29) is 11.7 Å². The van der Waals surface area contributed by atoms with Gasteiger partial charge in [-0.3, -0.25) is 9.69 Å². The van der Waals surface area contributed by atoms with Gasteiger partial charge in [-0.1, -0.05) is 0 Å². The van der Waals surface area contributed by atoms with Crippen molar-refractivity contribution in [1.29, 1.82) is 0 Å². The molecule has 18 heavy (non-hydrogen) atoms. The van der Waals surface area contributed by atoms with E-state index >= 15 is 0 Å². The number of primary amides is 1. The normalized spacial score (nSPS) is 24.3. The van der Waals surface area contributed by atoms with Crippen LogP contribution < -0.4 is 5.73 Å². The molecule has 6 heteroatoms. The number of nitrogens with zero attached hydrogens (tertiary/aromatic N) is 1. The second kappa shape index (κ2) is 4.45. The zero-order valence-electron chi connectivity index (χ0n) is 10.2. The zero-order valence-corrected chi connectivity index (χ0v) is 10.2. The molecule has 1 unspecified atom stereocenters. The molecule has 3 N–H and O–H groups in total. The minimum atomic E-state index is -1.08. The number of amides is 1. The Morgan fingerprint density at radius 1 is 1.61 bits per heavy atom. The average molecular weight is 252 g/mol. The fraction of sp³-hybridized carbons (Fsp3) is 0.500. The smallest absolute Gasteiger partial charge is 0.372 e. The van der Waals surface area contributed by atoms with Crippen LogP contribution in [-0.4, -0.2) is 35.0 Å². The van der Waals surface area contributed by atoms with E-state index in [2.05, 4.69) is 0 Å². The molecule has 1 aliphatic heterocycles. The molecule has 1 fully saturated rings. The van der Waals surface area contributed by atoms with Crippen LogP contribution in [0.3, 0.4) is 0 Å². The van der Waals surface area contributed by atoms with E-state index in [1.165, 1.54) is 6.26 Å². The molecule has 6 nitrogen and oxygen atoms in total. The molecule has 1 atom stereocenters. The van der Waals surface area contributed by atoms with Crippen molar-refractivity contribution >= 4 is 11.9 Å². The third kappa shape index (κ3) is 2.24. The number of carboxylic acids is 1. The van der Waals surface area contributed by atoms with Crippen LogP contribution in [0.1, 0.15) is 29.5 Å². The van der Waals surface area contributed by atoms with Gasteiger partial charge < -0.3 is 15.3 Å². The predicted molar refractivity (Wildman–Crippen MR) is 62.9 cm³/mol. The molecule has 2 rings (SSSR count). The third-order valence-corrected chi connectivity index (χ3v) is 3.48. The molecule has 0 radical (unpaired) electrons. The number of hydrogen-bond acceptors (Lipinski definition) is 4. The maximum absolute atomic E-state index is 11.3. The van der Waals surface area contributed by atoms with Gasteiger partial charge in [0.2, 0.25) is 11.7 Å². The number of furan rings is 1. The van der Waals surface area contributed by atoms with E-state index in [1.807, 2.05) is 11.8 Å². The summed E-state index contributed by atoms with van der Waals surface area (Å²) in [6.07, 6.45) is 2.06. The largest absolute Gasteiger partial charge is 0.475 e. The number of rotatable bonds is 4. The highest BCUT2D eigenvalue weighted by atomic mass is 16.4. The van der Waals surface area contributed by atoms with Gasteiger partial charge in [-0.25, -0.2) is 4.79 Å². The molecule has 1 amide bonds. The monoisotopic (exact) mass is 252 g/mol. The number of hydrogen-bond donors (Lipinski definition) is 2. The minimum absolute atomic E-state index is 0.0392. The van der Waals surface area contributed by atoms with Gasteiger partial charge in [0.25, 0.3) is 0 Å². The first-order valence-corrected chi connectivity index (χ1v) is 5.74. The number of carbonyl (C=O) groups excluding carboxylic acids is 1. The van der Waals surface area contributed by atoms with Crippen LogP contribution in [-0.2, 0) is 11.3 Å². The first-order chi connectivity index (χ1) is 8.42. The Balaban J connectivity index is 2.06. The molecule has 0 bridgehead atoms. The summed E-state index contributed by atoms with van der Waals surface area (Å²) in [7, 11) is 0. The highest BCUT2D eigenvalue weighted by molar-refractivity contribution is 5.86. The molecular formula is C12H16N2O4. The molecule has 1 aliphatic rings. The standard InChI is InChI=1S/C12H16N2O4/c1-12(11(13)17)3-4-14(7-12)6-8-2-5-18-9(8)10(15)16/h2,5H,3-4,6-7H2,1H3,(H2,13,17)(H,15,16). The van der Waals surface area contributed by atoms with Gasteiger partial charge >= 0.3 is 5.97 Å². The summed E-state index contributed by atoms with van der Waals surface area (Å²) in [6.45, 7) is 3.57. The Morgan fingerprint density at radius 3 is 2.89 bits per heavy atom. The molecule has 1 saturated heterocycles. The van der Waals surface area contributed by atoms with E-state index in [4.69, 9.17) is 15.3 Å². The topological polar surface area (TPSA) is 96.8 Å². The van der Waals surface area contributed by atoms with Crippen LogP contribution >= 0.6 is 0 Å². The van der Waals surface area contributed by atoms with Gasteiger partial charge in [0.15, 0.2) is 0 Å². The Morgan fingerprint density at radius 2 is 2.33 bits per heavy atom. The van der Waals surface area contributed by atoms with Crippen LogP contribution in [0.15, 0.2) is 16.7 Å². The molecular weight excluding hydrogens is 236 g/mol. The van der Waals surface area contributed by atoms with Gasteiger partial charge in [0.1, 0.15) is 0 Å². The molecule has 0 aromatic carbocycles. The van der Waals surface area contributed by atoms with Gasteiger partial charge in [0.05, 0.1) is 11.7 Å². The fourth-order valence-corrected chi connectivity index (χ4v) is 2.28. The maximum Gasteiger partial charge on any atom is 0.372 e. The van der Waals surface area contributed by atoms with Gasteiger partial charge in [-0.2, -0.15) is 0 Å². The van der Waals surface area contributed by atoms with Crippen molar-refractivity contribution in [3.63, 3.8) is 0 Å². The lowest BCUT2D eigenvalue weighted by atomic mass is 9.89. The Labute approximate surface area is 104 Å². The lowest BCUT2D eigenvalue weighted by Gasteiger charge is -2.20. The van der Waals surface area contributed by atoms with Crippen LogP contribution in [0.4, 0.5) is 0 Å². The van der Waals surface area contributed by atoms with Crippen molar-refractivity contribution in [1.82, 2.24) is 4.90 Å². The van der Waals surface area contributed by atoms with Crippen LogP contribution in [0.5, 0.6) is 0 Å². The van der Waals surface area contributed by atoms with E-state index in [9.17, 15) is 9.59 Å². The number of carboxylic acid groups (broad SMARTS) is 1. The number of nitrogens with two attached hydrogens (primary N) is 1. The Bertz CT molecular complexity index is 482. The Kier molecular flexibility index (Phi) is 3.13. The predicted octanol–water partition coefficient (Wildman–Crippen LogP) is 0.675. The van der Waals surface area contributed by atoms with Crippen molar-refractivity contribution in [3.05, 3.63) is 23.7 Å². The molecule has 1 aromatic heterocycles. The summed E-state index contributed by atoms with van der Waals surface area (Å²) in [4.78, 5) is 24.3. The lowest BCUT2D eigenvalue weighted by Crippen LogP contribution is -2.37. The first kappa shape index (κ1) is 12.6. The van der Waals surface area contributed by atoms with Gasteiger partial charge in [-0.05, 0) is 26.0 Å². The number of likely N-dealkylation sites (tertiary alicyclic amines) is 1. The van der Waals surface area contributed by atoms with Crippen LogP contribution in [0.25, 0.3) is 0 Å². The quantitative estimate of drug-likeness (QED) is 0.821. The summed E-state index contributed by atoms with van der Waals surface area (Å²) in [5.41, 5.74) is 5.47. The second-order valence-corrected chi connectivity index (χ2v) is 4.97. The highest BCUT2D eigenvalue weighted by Crippen LogP contribution is 2.30. The summed E-state index contributed by atoms with van der Waals surface area (Å²) >= 11 is 0. The SMILES string of the molecule is CC1(C(N)=O)CCN(Cc2ccoc2C(=O)O)C1. The lowest BCUT2D eigenvalue weighted by molar-refractivity contribution is -0.126. The molecule has 0 aliphatic carbocycles. The van der Waals surface area contributed by atoms with E-state index in [0.29, 0.717) is 25.1 Å². The minimum Gasteiger partial charge on any atom is -0.475 e. The molecule has 0 saturated carbocycles. The second-order valence-electron chi connectivity index (χ2n) is 4.97. The molecule has 98 valence electrons. The molecule has 0 spiro atoms. The van der Waals surface area contributed by atoms with Crippen LogP contribution in [0, 0.1) is 5.41 Å². The fourth-order valence-electron chi connectivity index (χ4n) is 2.28. The third-order valence-electron chi connectivity index (χ3n) is 3.48. The van der Waals surface area contributed by atoms with Crippen molar-refractivity contribution < 1.29 is 19.1 Å². The summed E-state index contributed by atoms with van der Waals surface area (Å²) in [5, 5.41) is 8.93. The number of carbonyl (C=O) groups is 2. The average Bonchev–Trinajstić information content (AvgIpc) is 2.87. The van der Waals surface area contributed by atoms with Crippen molar-refractivity contribution in [2.75, 3.05) is 13.1 Å². The number of aromatic carboxylic acids is 1. The molecule has 2 heterocycles. The molecule has 1 aromatic rings. The summed E-state index contributed by atoms with van der Waals surface area (Å²) in [5.74, 6) is -1.43. The van der Waals surface area contributed by atoms with E-state index in [0.717, 1.165) is 6.54 Å². The van der Waals surface area contributed by atoms with Crippen molar-refractivity contribution in [2.45, 2.75) is 19.9 Å². The first-order valence-electron chi connectivity index (χ1n) is 5.74. The van der Waals surface area contributed by atoms with E-state index < -0.39 is 11.4 Å². The van der Waals surface area contributed by atoms with Gasteiger partial charge in [0, 0.05) is 18.7 Å². The van der Waals surface area contributed by atoms with E-state index in [1.54, 1.807) is 6.07 Å². The summed E-state index contributed by atoms with van der Waals surface area (Å²) < 4.78 is 4.92. The maximum atomic E-state index is 11.3. The van der Waals surface area contributed by atoms with Gasteiger partial charge in [-0.15, -0.1) is 0 Å².